The lowest BCUT2D eigenvalue weighted by atomic mass is 9.88. The van der Waals surface area contributed by atoms with Gasteiger partial charge in [0.1, 0.15) is 17.3 Å². The smallest absolute Gasteiger partial charge is 0.146 e. The zero-order valence-corrected chi connectivity index (χ0v) is 10.8. The van der Waals surface area contributed by atoms with Crippen molar-refractivity contribution in [3.63, 3.8) is 0 Å². The number of rotatable bonds is 2. The molecule has 2 N–H and O–H groups in total. The van der Waals surface area contributed by atoms with E-state index < -0.39 is 0 Å². The molecule has 2 aromatic heterocycles. The minimum atomic E-state index is 0.0474. The van der Waals surface area contributed by atoms with Gasteiger partial charge in [0, 0.05) is 6.20 Å². The molecule has 0 radical (unpaired) electrons. The van der Waals surface area contributed by atoms with Crippen LogP contribution in [0.1, 0.15) is 26.3 Å². The summed E-state index contributed by atoms with van der Waals surface area (Å²) in [7, 11) is 0. The molecule has 2 rings (SSSR count). The Hall–Kier alpha value is -2.10. The van der Waals surface area contributed by atoms with Crippen molar-refractivity contribution in [1.29, 1.82) is 0 Å². The van der Waals surface area contributed by atoms with E-state index in [1.54, 1.807) is 24.5 Å². The molecule has 0 aliphatic heterocycles. The second-order valence-electron chi connectivity index (χ2n) is 5.18. The van der Waals surface area contributed by atoms with E-state index in [0.717, 1.165) is 5.56 Å². The molecule has 0 aliphatic carbocycles. The average Bonchev–Trinajstić information content (AvgIpc) is 2.31. The second kappa shape index (κ2) is 4.64. The van der Waals surface area contributed by atoms with Gasteiger partial charge in [0.25, 0.3) is 0 Å². The first-order valence-corrected chi connectivity index (χ1v) is 5.80. The van der Waals surface area contributed by atoms with Crippen LogP contribution in [0.5, 0.6) is 11.5 Å². The Bertz CT molecular complexity index is 529. The Morgan fingerprint density at radius 1 is 1.06 bits per heavy atom. The van der Waals surface area contributed by atoms with Gasteiger partial charge in [0.15, 0.2) is 0 Å². The summed E-state index contributed by atoms with van der Waals surface area (Å²) in [5.41, 5.74) is 6.70. The van der Waals surface area contributed by atoms with Crippen LogP contribution in [-0.4, -0.2) is 9.97 Å². The van der Waals surface area contributed by atoms with Gasteiger partial charge < -0.3 is 10.5 Å². The maximum atomic E-state index is 5.69. The highest BCUT2D eigenvalue weighted by Crippen LogP contribution is 2.27. The van der Waals surface area contributed by atoms with E-state index in [4.69, 9.17) is 10.5 Å². The Kier molecular flexibility index (Phi) is 3.19. The van der Waals surface area contributed by atoms with Gasteiger partial charge in [-0.2, -0.15) is 0 Å². The molecule has 0 aliphatic rings. The molecule has 0 fully saturated rings. The molecule has 4 heteroatoms. The monoisotopic (exact) mass is 243 g/mol. The van der Waals surface area contributed by atoms with Crippen molar-refractivity contribution >= 4 is 5.82 Å². The Morgan fingerprint density at radius 2 is 1.83 bits per heavy atom. The summed E-state index contributed by atoms with van der Waals surface area (Å²) >= 11 is 0. The van der Waals surface area contributed by atoms with Gasteiger partial charge in [-0.3, -0.25) is 4.98 Å². The number of nitrogens with zero attached hydrogens (tertiary/aromatic N) is 2. The van der Waals surface area contributed by atoms with Crippen molar-refractivity contribution < 1.29 is 4.74 Å². The molecule has 94 valence electrons. The fourth-order valence-corrected chi connectivity index (χ4v) is 1.47. The van der Waals surface area contributed by atoms with Crippen LogP contribution in [-0.2, 0) is 5.41 Å². The summed E-state index contributed by atoms with van der Waals surface area (Å²) in [6, 6.07) is 5.48. The van der Waals surface area contributed by atoms with Crippen molar-refractivity contribution in [2.75, 3.05) is 5.73 Å². The van der Waals surface area contributed by atoms with Crippen molar-refractivity contribution in [2.45, 2.75) is 26.2 Å². The molecule has 4 nitrogen and oxygen atoms in total. The van der Waals surface area contributed by atoms with E-state index in [0.29, 0.717) is 17.3 Å². The van der Waals surface area contributed by atoms with Crippen LogP contribution < -0.4 is 10.5 Å². The third-order valence-electron chi connectivity index (χ3n) is 2.57. The highest BCUT2D eigenvalue weighted by molar-refractivity contribution is 5.36. The molecular formula is C14H17N3O. The molecule has 18 heavy (non-hydrogen) atoms. The van der Waals surface area contributed by atoms with Gasteiger partial charge in [0.05, 0.1) is 12.4 Å². The number of hydrogen-bond acceptors (Lipinski definition) is 4. The molecule has 0 spiro atoms. The van der Waals surface area contributed by atoms with E-state index in [1.807, 2.05) is 12.3 Å². The SMILES string of the molecule is CC(C)(C)c1cncc(Oc2ccc(N)nc2)c1. The number of nitrogens with two attached hydrogens (primary N) is 1. The van der Waals surface area contributed by atoms with Gasteiger partial charge in [-0.05, 0) is 29.2 Å². The maximum absolute atomic E-state index is 5.69. The molecule has 2 aromatic rings. The van der Waals surface area contributed by atoms with Crippen LogP contribution in [0, 0.1) is 0 Å². The van der Waals surface area contributed by atoms with Crippen LogP contribution in [0.2, 0.25) is 0 Å². The highest BCUT2D eigenvalue weighted by atomic mass is 16.5. The molecule has 2 heterocycles. The zero-order valence-electron chi connectivity index (χ0n) is 10.8. The van der Waals surface area contributed by atoms with E-state index >= 15 is 0 Å². The molecule has 0 saturated carbocycles. The van der Waals surface area contributed by atoms with Crippen LogP contribution in [0.15, 0.2) is 36.8 Å². The minimum absolute atomic E-state index is 0.0474. The average molecular weight is 243 g/mol. The lowest BCUT2D eigenvalue weighted by molar-refractivity contribution is 0.473. The Labute approximate surface area is 107 Å². The predicted molar refractivity (Wildman–Crippen MR) is 71.7 cm³/mol. The summed E-state index contributed by atoms with van der Waals surface area (Å²) < 4.78 is 5.69. The standard InChI is InChI=1S/C14H17N3O/c1-14(2,3)10-6-12(8-16-7-10)18-11-4-5-13(15)17-9-11/h4-9H,1-3H3,(H2,15,17). The van der Waals surface area contributed by atoms with Gasteiger partial charge >= 0.3 is 0 Å². The van der Waals surface area contributed by atoms with E-state index in [-0.39, 0.29) is 5.41 Å². The van der Waals surface area contributed by atoms with Gasteiger partial charge in [-0.25, -0.2) is 4.98 Å². The third kappa shape index (κ3) is 2.97. The van der Waals surface area contributed by atoms with Gasteiger partial charge in [0.2, 0.25) is 0 Å². The third-order valence-corrected chi connectivity index (χ3v) is 2.57. The predicted octanol–water partition coefficient (Wildman–Crippen LogP) is 3.15. The molecule has 0 unspecified atom stereocenters. The summed E-state index contributed by atoms with van der Waals surface area (Å²) in [6.45, 7) is 6.41. The zero-order chi connectivity index (χ0) is 13.2. The van der Waals surface area contributed by atoms with E-state index in [1.165, 1.54) is 0 Å². The lowest BCUT2D eigenvalue weighted by Crippen LogP contribution is -2.11. The molecule has 0 aromatic carbocycles. The summed E-state index contributed by atoms with van der Waals surface area (Å²) in [5, 5.41) is 0. The van der Waals surface area contributed by atoms with Crippen molar-refractivity contribution in [1.82, 2.24) is 9.97 Å². The largest absolute Gasteiger partial charge is 0.454 e. The molecule has 0 amide bonds. The number of pyridine rings is 2. The van der Waals surface area contributed by atoms with Crippen molar-refractivity contribution in [2.24, 2.45) is 0 Å². The number of ether oxygens (including phenoxy) is 1. The van der Waals surface area contributed by atoms with E-state index in [2.05, 4.69) is 30.7 Å². The van der Waals surface area contributed by atoms with Crippen LogP contribution >= 0.6 is 0 Å². The summed E-state index contributed by atoms with van der Waals surface area (Å²) in [4.78, 5) is 8.17. The topological polar surface area (TPSA) is 61.0 Å². The Balaban J connectivity index is 2.22. The van der Waals surface area contributed by atoms with Crippen LogP contribution in [0.4, 0.5) is 5.82 Å². The summed E-state index contributed by atoms with van der Waals surface area (Å²) in [5.74, 6) is 1.83. The van der Waals surface area contributed by atoms with E-state index in [9.17, 15) is 0 Å². The van der Waals surface area contributed by atoms with Crippen molar-refractivity contribution in [3.05, 3.63) is 42.4 Å². The summed E-state index contributed by atoms with van der Waals surface area (Å²) in [6.07, 6.45) is 5.14. The minimum Gasteiger partial charge on any atom is -0.454 e. The van der Waals surface area contributed by atoms with Crippen molar-refractivity contribution in [3.8, 4) is 11.5 Å². The number of anilines is 1. The first kappa shape index (κ1) is 12.4. The fourth-order valence-electron chi connectivity index (χ4n) is 1.47. The number of nitrogen functional groups attached to an aromatic ring is 1. The van der Waals surface area contributed by atoms with Crippen LogP contribution in [0.3, 0.4) is 0 Å². The van der Waals surface area contributed by atoms with Gasteiger partial charge in [-0.1, -0.05) is 20.8 Å². The Morgan fingerprint density at radius 3 is 2.44 bits per heavy atom. The quantitative estimate of drug-likeness (QED) is 0.880. The van der Waals surface area contributed by atoms with Crippen LogP contribution in [0.25, 0.3) is 0 Å². The molecule has 0 saturated heterocycles. The lowest BCUT2D eigenvalue weighted by Gasteiger charge is -2.19. The highest BCUT2D eigenvalue weighted by Gasteiger charge is 2.14. The maximum Gasteiger partial charge on any atom is 0.146 e. The van der Waals surface area contributed by atoms with Gasteiger partial charge in [-0.15, -0.1) is 0 Å². The number of aromatic nitrogens is 2. The molecule has 0 bridgehead atoms. The molecule has 0 atom stereocenters. The number of hydrogen-bond donors (Lipinski definition) is 1. The fraction of sp³-hybridized carbons (Fsp3) is 0.286. The first-order valence-electron chi connectivity index (χ1n) is 5.80. The normalized spacial score (nSPS) is 11.3. The molecular weight excluding hydrogens is 226 g/mol. The second-order valence-corrected chi connectivity index (χ2v) is 5.18. The first-order chi connectivity index (χ1) is 8.45.